The number of nitrogens with one attached hydrogen (secondary N) is 1. The Balaban J connectivity index is 1.90. The summed E-state index contributed by atoms with van der Waals surface area (Å²) in [6, 6.07) is 16.6. The molecule has 23 heavy (non-hydrogen) atoms. The third-order valence-electron chi connectivity index (χ3n) is 4.21. The summed E-state index contributed by atoms with van der Waals surface area (Å²) < 4.78 is 5.97. The van der Waals surface area contributed by atoms with Gasteiger partial charge in [0.05, 0.1) is 6.57 Å². The molecule has 0 aliphatic carbocycles. The lowest BCUT2D eigenvalue weighted by Crippen LogP contribution is -2.43. The Hall–Kier alpha value is -2.64. The Morgan fingerprint density at radius 2 is 1.83 bits per heavy atom. The maximum atomic E-state index is 12.6. The minimum atomic E-state index is -0.599. The lowest BCUT2D eigenvalue weighted by Gasteiger charge is -2.37. The molecule has 116 valence electrons. The van der Waals surface area contributed by atoms with Crippen molar-refractivity contribution in [3.05, 3.63) is 77.1 Å². The highest BCUT2D eigenvalue weighted by molar-refractivity contribution is 5.91. The van der Waals surface area contributed by atoms with E-state index >= 15 is 0 Å². The topological polar surface area (TPSA) is 42.7 Å². The van der Waals surface area contributed by atoms with Crippen molar-refractivity contribution < 1.29 is 9.53 Å². The molecule has 0 bridgehead atoms. The van der Waals surface area contributed by atoms with Crippen LogP contribution in [0.5, 0.6) is 0 Å². The highest BCUT2D eigenvalue weighted by atomic mass is 16.6. The number of hydrogen-bond donors (Lipinski definition) is 1. The number of nitrogens with zero attached hydrogens (tertiary/aromatic N) is 1. The van der Waals surface area contributed by atoms with Crippen molar-refractivity contribution in [1.29, 1.82) is 0 Å². The van der Waals surface area contributed by atoms with E-state index in [9.17, 15) is 4.79 Å². The Morgan fingerprint density at radius 1 is 1.09 bits per heavy atom. The van der Waals surface area contributed by atoms with Gasteiger partial charge in [-0.1, -0.05) is 48.5 Å². The van der Waals surface area contributed by atoms with Crippen LogP contribution in [0.3, 0.4) is 0 Å². The Labute approximate surface area is 135 Å². The van der Waals surface area contributed by atoms with Crippen LogP contribution in [0.25, 0.3) is 4.85 Å². The summed E-state index contributed by atoms with van der Waals surface area (Å²) in [5, 5.41) is 3.31. The summed E-state index contributed by atoms with van der Waals surface area (Å²) in [5.74, 6) is -0.374. The zero-order valence-electron chi connectivity index (χ0n) is 12.8. The van der Waals surface area contributed by atoms with Crippen molar-refractivity contribution in [1.82, 2.24) is 5.32 Å². The molecule has 0 saturated carbocycles. The van der Waals surface area contributed by atoms with Gasteiger partial charge in [-0.25, -0.2) is 9.64 Å². The largest absolute Gasteiger partial charge is 0.451 e. The van der Waals surface area contributed by atoms with Crippen molar-refractivity contribution >= 4 is 11.7 Å². The van der Waals surface area contributed by atoms with Crippen molar-refractivity contribution in [3.63, 3.8) is 0 Å². The quantitative estimate of drug-likeness (QED) is 0.695. The van der Waals surface area contributed by atoms with Gasteiger partial charge in [-0.05, 0) is 24.7 Å². The maximum absolute atomic E-state index is 12.6. The lowest BCUT2D eigenvalue weighted by molar-refractivity contribution is -0.0378. The summed E-state index contributed by atoms with van der Waals surface area (Å²) >= 11 is 0. The lowest BCUT2D eigenvalue weighted by atomic mass is 9.84. The van der Waals surface area contributed by atoms with Gasteiger partial charge in [0.15, 0.2) is 5.69 Å². The fourth-order valence-corrected chi connectivity index (χ4v) is 2.96. The SMILES string of the molecule is [C-]#[N+]c1cccc(C(=O)OC2(c3ccccc3)CCNCC2)c1. The zero-order chi connectivity index (χ0) is 16.1. The van der Waals surface area contributed by atoms with Gasteiger partial charge in [0, 0.05) is 18.4 Å². The van der Waals surface area contributed by atoms with Gasteiger partial charge >= 0.3 is 5.97 Å². The minimum Gasteiger partial charge on any atom is -0.451 e. The summed E-state index contributed by atoms with van der Waals surface area (Å²) in [7, 11) is 0. The van der Waals surface area contributed by atoms with Crippen LogP contribution in [-0.4, -0.2) is 19.1 Å². The molecule has 3 rings (SSSR count). The molecule has 0 unspecified atom stereocenters. The second-order valence-corrected chi connectivity index (χ2v) is 5.66. The number of hydrogen-bond acceptors (Lipinski definition) is 3. The van der Waals surface area contributed by atoms with Gasteiger partial charge in [0.25, 0.3) is 0 Å². The molecule has 0 spiro atoms. The molecule has 1 N–H and O–H groups in total. The van der Waals surface area contributed by atoms with Gasteiger partial charge in [0.1, 0.15) is 5.60 Å². The van der Waals surface area contributed by atoms with E-state index in [4.69, 9.17) is 11.3 Å². The monoisotopic (exact) mass is 306 g/mol. The Kier molecular flexibility index (Phi) is 4.40. The molecule has 1 aliphatic heterocycles. The van der Waals surface area contributed by atoms with E-state index in [0.29, 0.717) is 11.3 Å². The molecule has 2 aromatic rings. The van der Waals surface area contributed by atoms with Gasteiger partial charge < -0.3 is 10.1 Å². The smallest absolute Gasteiger partial charge is 0.337 e. The van der Waals surface area contributed by atoms with Crippen LogP contribution in [0.1, 0.15) is 28.8 Å². The van der Waals surface area contributed by atoms with E-state index < -0.39 is 5.60 Å². The first-order chi connectivity index (χ1) is 11.2. The fraction of sp³-hybridized carbons (Fsp3) is 0.263. The average molecular weight is 306 g/mol. The molecule has 4 nitrogen and oxygen atoms in total. The number of rotatable bonds is 3. The first kappa shape index (κ1) is 15.3. The predicted octanol–water partition coefficient (Wildman–Crippen LogP) is 3.67. The predicted molar refractivity (Wildman–Crippen MR) is 88.3 cm³/mol. The number of benzene rings is 2. The Morgan fingerprint density at radius 3 is 2.52 bits per heavy atom. The van der Waals surface area contributed by atoms with Gasteiger partial charge in [-0.3, -0.25) is 0 Å². The van der Waals surface area contributed by atoms with Crippen molar-refractivity contribution in [2.45, 2.75) is 18.4 Å². The number of carbonyl (C=O) groups excluding carboxylic acids is 1. The van der Waals surface area contributed by atoms with E-state index in [-0.39, 0.29) is 5.97 Å². The van der Waals surface area contributed by atoms with Gasteiger partial charge in [-0.15, -0.1) is 0 Å². The third-order valence-corrected chi connectivity index (χ3v) is 4.21. The molecule has 1 saturated heterocycles. The first-order valence-corrected chi connectivity index (χ1v) is 7.71. The molecule has 0 atom stereocenters. The van der Waals surface area contributed by atoms with Crippen molar-refractivity contribution in [3.8, 4) is 0 Å². The molecule has 2 aromatic carbocycles. The molecule has 4 heteroatoms. The van der Waals surface area contributed by atoms with Crippen LogP contribution in [0.15, 0.2) is 54.6 Å². The van der Waals surface area contributed by atoms with E-state index in [2.05, 4.69) is 10.2 Å². The summed E-state index contributed by atoms with van der Waals surface area (Å²) in [6.07, 6.45) is 1.48. The highest BCUT2D eigenvalue weighted by Gasteiger charge is 2.37. The van der Waals surface area contributed by atoms with Crippen LogP contribution in [-0.2, 0) is 10.3 Å². The molecular formula is C19H18N2O2. The average Bonchev–Trinajstić information content (AvgIpc) is 2.63. The normalized spacial score (nSPS) is 16.3. The molecular weight excluding hydrogens is 288 g/mol. The van der Waals surface area contributed by atoms with E-state index in [1.807, 2.05) is 30.3 Å². The van der Waals surface area contributed by atoms with E-state index in [1.54, 1.807) is 24.3 Å². The Bertz CT molecular complexity index is 729. The van der Waals surface area contributed by atoms with Crippen LogP contribution in [0, 0.1) is 6.57 Å². The standard InChI is InChI=1S/C19H18N2O2/c1-20-17-9-5-6-15(14-17)18(22)23-19(10-12-21-13-11-19)16-7-3-2-4-8-16/h2-9,14,21H,10-13H2. The molecule has 1 heterocycles. The number of piperidine rings is 1. The maximum Gasteiger partial charge on any atom is 0.337 e. The van der Waals surface area contributed by atoms with Crippen LogP contribution in [0.4, 0.5) is 5.69 Å². The summed E-state index contributed by atoms with van der Waals surface area (Å²) in [6.45, 7) is 8.69. The van der Waals surface area contributed by atoms with Crippen molar-refractivity contribution in [2.24, 2.45) is 0 Å². The van der Waals surface area contributed by atoms with E-state index in [0.717, 1.165) is 31.5 Å². The third kappa shape index (κ3) is 3.25. The summed E-state index contributed by atoms with van der Waals surface area (Å²) in [4.78, 5) is 16.0. The second-order valence-electron chi connectivity index (χ2n) is 5.66. The zero-order valence-corrected chi connectivity index (χ0v) is 12.8. The number of esters is 1. The fourth-order valence-electron chi connectivity index (χ4n) is 2.96. The molecule has 0 aromatic heterocycles. The minimum absolute atomic E-state index is 0.374. The van der Waals surface area contributed by atoms with Crippen molar-refractivity contribution in [2.75, 3.05) is 13.1 Å². The van der Waals surface area contributed by atoms with Crippen LogP contribution >= 0.6 is 0 Å². The van der Waals surface area contributed by atoms with Crippen LogP contribution in [0.2, 0.25) is 0 Å². The molecule has 0 radical (unpaired) electrons. The second kappa shape index (κ2) is 6.64. The molecule has 1 fully saturated rings. The molecule has 1 aliphatic rings. The molecule has 0 amide bonds. The van der Waals surface area contributed by atoms with Gasteiger partial charge in [0.2, 0.25) is 0 Å². The highest BCUT2D eigenvalue weighted by Crippen LogP contribution is 2.35. The number of carbonyl (C=O) groups is 1. The first-order valence-electron chi connectivity index (χ1n) is 7.71. The number of ether oxygens (including phenoxy) is 1. The van der Waals surface area contributed by atoms with Crippen LogP contribution < -0.4 is 5.32 Å². The van der Waals surface area contributed by atoms with E-state index in [1.165, 1.54) is 0 Å². The summed E-state index contributed by atoms with van der Waals surface area (Å²) in [5.41, 5.74) is 1.29. The van der Waals surface area contributed by atoms with Gasteiger partial charge in [-0.2, -0.15) is 0 Å².